The summed E-state index contributed by atoms with van der Waals surface area (Å²) in [4.78, 5) is 14.2. The summed E-state index contributed by atoms with van der Waals surface area (Å²) in [5.41, 5.74) is 1.91. The topological polar surface area (TPSA) is 45.5 Å². The molecule has 1 aromatic carbocycles. The number of carbonyl (C=O) groups excluding carboxylic acids is 1. The summed E-state index contributed by atoms with van der Waals surface area (Å²) in [5.74, 6) is 0.830. The van der Waals surface area contributed by atoms with Crippen molar-refractivity contribution >= 4 is 11.6 Å². The standard InChI is InChI=1S/C16H20N2O2/c1-12-7-4-5-9-15(12)17-16(19)13(2)18(3)11-14-8-6-10-20-14/h4-10,13H,11H2,1-3H3,(H,17,19). The number of hydrogen-bond donors (Lipinski definition) is 1. The van der Waals surface area contributed by atoms with E-state index in [2.05, 4.69) is 5.32 Å². The van der Waals surface area contributed by atoms with Crippen molar-refractivity contribution in [3.8, 4) is 0 Å². The Morgan fingerprint density at radius 2 is 2.05 bits per heavy atom. The minimum absolute atomic E-state index is 0.0200. The summed E-state index contributed by atoms with van der Waals surface area (Å²) in [6.07, 6.45) is 1.64. The highest BCUT2D eigenvalue weighted by Gasteiger charge is 2.19. The fourth-order valence-electron chi connectivity index (χ4n) is 1.94. The second kappa shape index (κ2) is 6.39. The lowest BCUT2D eigenvalue weighted by Crippen LogP contribution is -2.39. The second-order valence-electron chi connectivity index (χ2n) is 4.97. The zero-order valence-corrected chi connectivity index (χ0v) is 12.1. The first-order chi connectivity index (χ1) is 9.58. The lowest BCUT2D eigenvalue weighted by Gasteiger charge is -2.23. The zero-order valence-electron chi connectivity index (χ0n) is 12.1. The van der Waals surface area contributed by atoms with E-state index in [1.54, 1.807) is 6.26 Å². The molecule has 0 bridgehead atoms. The molecule has 0 spiro atoms. The molecular formula is C16H20N2O2. The molecule has 4 heteroatoms. The summed E-state index contributed by atoms with van der Waals surface area (Å²) >= 11 is 0. The first-order valence-electron chi connectivity index (χ1n) is 6.67. The van der Waals surface area contributed by atoms with Crippen LogP contribution in [0.15, 0.2) is 47.1 Å². The highest BCUT2D eigenvalue weighted by atomic mass is 16.3. The molecular weight excluding hydrogens is 252 g/mol. The van der Waals surface area contributed by atoms with Gasteiger partial charge in [0.2, 0.25) is 5.91 Å². The van der Waals surface area contributed by atoms with Crippen LogP contribution in [-0.4, -0.2) is 23.9 Å². The molecule has 0 saturated carbocycles. The van der Waals surface area contributed by atoms with Crippen LogP contribution in [0.4, 0.5) is 5.69 Å². The SMILES string of the molecule is Cc1ccccc1NC(=O)C(C)N(C)Cc1ccco1. The number of para-hydroxylation sites is 1. The molecule has 20 heavy (non-hydrogen) atoms. The molecule has 0 aliphatic carbocycles. The predicted molar refractivity (Wildman–Crippen MR) is 79.4 cm³/mol. The smallest absolute Gasteiger partial charge is 0.241 e. The molecule has 0 radical (unpaired) electrons. The number of rotatable bonds is 5. The Morgan fingerprint density at radius 1 is 1.30 bits per heavy atom. The van der Waals surface area contributed by atoms with E-state index in [-0.39, 0.29) is 11.9 Å². The quantitative estimate of drug-likeness (QED) is 0.910. The molecule has 1 atom stereocenters. The highest BCUT2D eigenvalue weighted by Crippen LogP contribution is 2.14. The van der Waals surface area contributed by atoms with E-state index in [9.17, 15) is 4.79 Å². The van der Waals surface area contributed by atoms with Crippen molar-refractivity contribution in [1.29, 1.82) is 0 Å². The van der Waals surface area contributed by atoms with Crippen LogP contribution in [0, 0.1) is 6.92 Å². The number of amides is 1. The molecule has 0 aliphatic rings. The zero-order chi connectivity index (χ0) is 14.5. The number of benzene rings is 1. The number of nitrogens with one attached hydrogen (secondary N) is 1. The van der Waals surface area contributed by atoms with Gasteiger partial charge in [0.05, 0.1) is 18.8 Å². The minimum atomic E-state index is -0.236. The van der Waals surface area contributed by atoms with Crippen molar-refractivity contribution in [2.75, 3.05) is 12.4 Å². The van der Waals surface area contributed by atoms with Crippen molar-refractivity contribution in [2.45, 2.75) is 26.4 Å². The third kappa shape index (κ3) is 3.48. The Labute approximate surface area is 119 Å². The number of aryl methyl sites for hydroxylation is 1. The van der Waals surface area contributed by atoms with Crippen molar-refractivity contribution in [3.63, 3.8) is 0 Å². The Bertz CT molecular complexity index is 564. The van der Waals surface area contributed by atoms with E-state index in [0.29, 0.717) is 6.54 Å². The lowest BCUT2D eigenvalue weighted by molar-refractivity contribution is -0.120. The largest absolute Gasteiger partial charge is 0.468 e. The van der Waals surface area contributed by atoms with Crippen LogP contribution in [0.3, 0.4) is 0 Å². The van der Waals surface area contributed by atoms with Gasteiger partial charge in [-0.05, 0) is 44.7 Å². The van der Waals surface area contributed by atoms with E-state index >= 15 is 0 Å². The molecule has 0 saturated heterocycles. The maximum Gasteiger partial charge on any atom is 0.241 e. The number of likely N-dealkylation sites (N-methyl/N-ethyl adjacent to an activating group) is 1. The Balaban J connectivity index is 1.96. The van der Waals surface area contributed by atoms with Crippen LogP contribution < -0.4 is 5.32 Å². The average molecular weight is 272 g/mol. The van der Waals surface area contributed by atoms with Gasteiger partial charge in [0.15, 0.2) is 0 Å². The fourth-order valence-corrected chi connectivity index (χ4v) is 1.94. The third-order valence-corrected chi connectivity index (χ3v) is 3.43. The van der Waals surface area contributed by atoms with Crippen LogP contribution in [0.25, 0.3) is 0 Å². The van der Waals surface area contributed by atoms with Crippen molar-refractivity contribution < 1.29 is 9.21 Å². The van der Waals surface area contributed by atoms with Crippen LogP contribution in [0.5, 0.6) is 0 Å². The van der Waals surface area contributed by atoms with Gasteiger partial charge < -0.3 is 9.73 Å². The van der Waals surface area contributed by atoms with E-state index in [0.717, 1.165) is 17.0 Å². The van der Waals surface area contributed by atoms with Gasteiger partial charge in [0.25, 0.3) is 0 Å². The molecule has 106 valence electrons. The summed E-state index contributed by atoms with van der Waals surface area (Å²) < 4.78 is 5.30. The maximum absolute atomic E-state index is 12.3. The number of hydrogen-bond acceptors (Lipinski definition) is 3. The number of anilines is 1. The van der Waals surface area contributed by atoms with Crippen LogP contribution in [0.1, 0.15) is 18.2 Å². The van der Waals surface area contributed by atoms with Gasteiger partial charge in [0.1, 0.15) is 5.76 Å². The van der Waals surface area contributed by atoms with Gasteiger partial charge in [0, 0.05) is 5.69 Å². The molecule has 1 N–H and O–H groups in total. The Hall–Kier alpha value is -2.07. The third-order valence-electron chi connectivity index (χ3n) is 3.43. The van der Waals surface area contributed by atoms with E-state index < -0.39 is 0 Å². The van der Waals surface area contributed by atoms with E-state index in [4.69, 9.17) is 4.42 Å². The minimum Gasteiger partial charge on any atom is -0.468 e. The van der Waals surface area contributed by atoms with Gasteiger partial charge >= 0.3 is 0 Å². The van der Waals surface area contributed by atoms with Crippen LogP contribution in [-0.2, 0) is 11.3 Å². The number of furan rings is 1. The van der Waals surface area contributed by atoms with Crippen LogP contribution >= 0.6 is 0 Å². The molecule has 2 rings (SSSR count). The second-order valence-corrected chi connectivity index (χ2v) is 4.97. The fraction of sp³-hybridized carbons (Fsp3) is 0.312. The Kier molecular flexibility index (Phi) is 4.58. The summed E-state index contributed by atoms with van der Waals surface area (Å²) in [7, 11) is 1.91. The van der Waals surface area contributed by atoms with Gasteiger partial charge in [-0.15, -0.1) is 0 Å². The van der Waals surface area contributed by atoms with Crippen molar-refractivity contribution in [2.24, 2.45) is 0 Å². The Morgan fingerprint density at radius 3 is 2.70 bits per heavy atom. The molecule has 4 nitrogen and oxygen atoms in total. The maximum atomic E-state index is 12.3. The van der Waals surface area contributed by atoms with E-state index in [1.165, 1.54) is 0 Å². The number of nitrogens with zero attached hydrogens (tertiary/aromatic N) is 1. The molecule has 0 fully saturated rings. The normalized spacial score (nSPS) is 12.4. The van der Waals surface area contributed by atoms with E-state index in [1.807, 2.05) is 62.2 Å². The number of carbonyl (C=O) groups is 1. The van der Waals surface area contributed by atoms with Gasteiger partial charge in [-0.3, -0.25) is 9.69 Å². The first-order valence-corrected chi connectivity index (χ1v) is 6.67. The molecule has 2 aromatic rings. The summed E-state index contributed by atoms with van der Waals surface area (Å²) in [5, 5.41) is 2.96. The van der Waals surface area contributed by atoms with Crippen molar-refractivity contribution in [1.82, 2.24) is 4.90 Å². The molecule has 1 amide bonds. The molecule has 1 heterocycles. The molecule has 1 aromatic heterocycles. The predicted octanol–water partition coefficient (Wildman–Crippen LogP) is 3.05. The lowest BCUT2D eigenvalue weighted by atomic mass is 10.2. The first kappa shape index (κ1) is 14.3. The highest BCUT2D eigenvalue weighted by molar-refractivity contribution is 5.95. The summed E-state index contributed by atoms with van der Waals surface area (Å²) in [6, 6.07) is 11.3. The van der Waals surface area contributed by atoms with Gasteiger partial charge in [-0.2, -0.15) is 0 Å². The molecule has 0 aliphatic heterocycles. The average Bonchev–Trinajstić information content (AvgIpc) is 2.93. The monoisotopic (exact) mass is 272 g/mol. The van der Waals surface area contributed by atoms with Gasteiger partial charge in [-0.1, -0.05) is 18.2 Å². The molecule has 1 unspecified atom stereocenters. The van der Waals surface area contributed by atoms with Crippen molar-refractivity contribution in [3.05, 3.63) is 54.0 Å². The van der Waals surface area contributed by atoms with Crippen LogP contribution in [0.2, 0.25) is 0 Å². The summed E-state index contributed by atoms with van der Waals surface area (Å²) in [6.45, 7) is 4.47. The van der Waals surface area contributed by atoms with Gasteiger partial charge in [-0.25, -0.2) is 0 Å².